The topological polar surface area (TPSA) is 79.5 Å². The number of fused-ring (bicyclic) bond motifs is 1. The van der Waals surface area contributed by atoms with Crippen LogP contribution in [0.5, 0.6) is 0 Å². The van der Waals surface area contributed by atoms with Gasteiger partial charge in [-0.3, -0.25) is 9.59 Å². The van der Waals surface area contributed by atoms with Crippen LogP contribution in [0.15, 0.2) is 34.9 Å². The van der Waals surface area contributed by atoms with Gasteiger partial charge in [-0.25, -0.2) is 0 Å². The maximum Gasteiger partial charge on any atom is 0.305 e. The van der Waals surface area contributed by atoms with Crippen molar-refractivity contribution >= 4 is 22.8 Å². The Labute approximate surface area is 116 Å². The van der Waals surface area contributed by atoms with Gasteiger partial charge in [0.1, 0.15) is 11.8 Å². The minimum Gasteiger partial charge on any atom is -0.481 e. The lowest BCUT2D eigenvalue weighted by atomic mass is 10.1. The first kappa shape index (κ1) is 14.1. The van der Waals surface area contributed by atoms with Gasteiger partial charge in [0.2, 0.25) is 0 Å². The summed E-state index contributed by atoms with van der Waals surface area (Å²) in [5.74, 6) is -1.21. The monoisotopic (exact) mass is 275 g/mol. The van der Waals surface area contributed by atoms with Crippen LogP contribution in [0, 0.1) is 0 Å². The van der Waals surface area contributed by atoms with Crippen molar-refractivity contribution in [1.82, 2.24) is 5.32 Å². The van der Waals surface area contributed by atoms with Gasteiger partial charge >= 0.3 is 5.97 Å². The summed E-state index contributed by atoms with van der Waals surface area (Å²) >= 11 is 0. The Hall–Kier alpha value is -2.30. The molecule has 0 saturated carbocycles. The summed E-state index contributed by atoms with van der Waals surface area (Å²) in [6, 6.07) is 6.89. The van der Waals surface area contributed by atoms with Gasteiger partial charge in [-0.2, -0.15) is 0 Å². The molecular weight excluding hydrogens is 258 g/mol. The summed E-state index contributed by atoms with van der Waals surface area (Å²) in [6.07, 6.45) is 2.78. The molecule has 1 aromatic carbocycles. The number of carboxylic acids is 1. The minimum absolute atomic E-state index is 0.0740. The summed E-state index contributed by atoms with van der Waals surface area (Å²) < 4.78 is 5.32. The summed E-state index contributed by atoms with van der Waals surface area (Å²) in [7, 11) is 0. The van der Waals surface area contributed by atoms with Crippen LogP contribution in [0.3, 0.4) is 0 Å². The minimum atomic E-state index is -0.916. The maximum atomic E-state index is 12.2. The van der Waals surface area contributed by atoms with E-state index in [2.05, 4.69) is 5.32 Å². The predicted octanol–water partition coefficient (Wildman–Crippen LogP) is 2.81. The molecule has 0 saturated heterocycles. The van der Waals surface area contributed by atoms with E-state index >= 15 is 0 Å². The van der Waals surface area contributed by atoms with Crippen molar-refractivity contribution in [2.24, 2.45) is 0 Å². The number of aliphatic carboxylic acids is 1. The average Bonchev–Trinajstić information content (AvgIpc) is 2.82. The van der Waals surface area contributed by atoms with Crippen molar-refractivity contribution in [3.63, 3.8) is 0 Å². The molecule has 2 aromatic rings. The molecule has 1 heterocycles. The molecule has 0 aliphatic heterocycles. The molecule has 0 fully saturated rings. The van der Waals surface area contributed by atoms with E-state index in [1.165, 1.54) is 6.26 Å². The van der Waals surface area contributed by atoms with E-state index in [0.29, 0.717) is 17.6 Å². The van der Waals surface area contributed by atoms with E-state index < -0.39 is 5.97 Å². The molecule has 5 heteroatoms. The smallest absolute Gasteiger partial charge is 0.305 e. The van der Waals surface area contributed by atoms with Crippen molar-refractivity contribution in [2.45, 2.75) is 32.2 Å². The molecule has 0 aliphatic rings. The van der Waals surface area contributed by atoms with Crippen LogP contribution >= 0.6 is 0 Å². The lowest BCUT2D eigenvalue weighted by molar-refractivity contribution is -0.137. The number of carbonyl (C=O) groups is 2. The number of hydrogen-bond acceptors (Lipinski definition) is 3. The second-order valence-electron chi connectivity index (χ2n) is 4.70. The number of nitrogens with one attached hydrogen (secondary N) is 1. The highest BCUT2D eigenvalue weighted by molar-refractivity contribution is 6.06. The fraction of sp³-hybridized carbons (Fsp3) is 0.333. The summed E-state index contributed by atoms with van der Waals surface area (Å²) in [5, 5.41) is 12.4. The molecule has 5 nitrogen and oxygen atoms in total. The van der Waals surface area contributed by atoms with Crippen molar-refractivity contribution < 1.29 is 19.1 Å². The van der Waals surface area contributed by atoms with Gasteiger partial charge in [0.05, 0.1) is 12.0 Å². The van der Waals surface area contributed by atoms with E-state index in [9.17, 15) is 9.59 Å². The molecule has 0 spiro atoms. The first-order valence-electron chi connectivity index (χ1n) is 6.60. The Morgan fingerprint density at radius 2 is 2.10 bits per heavy atom. The molecule has 106 valence electrons. The zero-order valence-corrected chi connectivity index (χ0v) is 11.3. The Bertz CT molecular complexity index is 617. The van der Waals surface area contributed by atoms with Crippen LogP contribution in [0.2, 0.25) is 0 Å². The predicted molar refractivity (Wildman–Crippen MR) is 74.6 cm³/mol. The molecule has 2 N–H and O–H groups in total. The zero-order chi connectivity index (χ0) is 14.5. The van der Waals surface area contributed by atoms with Crippen molar-refractivity contribution in [1.29, 1.82) is 0 Å². The molecule has 1 amide bonds. The Morgan fingerprint density at radius 3 is 2.80 bits per heavy atom. The summed E-state index contributed by atoms with van der Waals surface area (Å²) in [4.78, 5) is 23.0. The first-order chi connectivity index (χ1) is 9.61. The third kappa shape index (κ3) is 3.17. The van der Waals surface area contributed by atoms with Crippen molar-refractivity contribution in [2.75, 3.05) is 0 Å². The Kier molecular flexibility index (Phi) is 4.40. The highest BCUT2D eigenvalue weighted by Gasteiger charge is 2.19. The van der Waals surface area contributed by atoms with Crippen LogP contribution < -0.4 is 5.32 Å². The fourth-order valence-electron chi connectivity index (χ4n) is 2.20. The third-order valence-corrected chi connectivity index (χ3v) is 3.12. The zero-order valence-electron chi connectivity index (χ0n) is 11.3. The molecule has 2 rings (SSSR count). The van der Waals surface area contributed by atoms with Crippen molar-refractivity contribution in [3.8, 4) is 0 Å². The molecule has 0 aliphatic carbocycles. The van der Waals surface area contributed by atoms with Crippen LogP contribution in [-0.2, 0) is 4.79 Å². The standard InChI is InChI=1S/C15H17NO4/c1-2-5-10(8-14(17)18)16-15(19)12-9-20-13-7-4-3-6-11(12)13/h3-4,6-7,9-10H,2,5,8H2,1H3,(H,16,19)(H,17,18)/t10-/m0/s1. The van der Waals surface area contributed by atoms with Gasteiger partial charge in [0, 0.05) is 11.4 Å². The largest absolute Gasteiger partial charge is 0.481 e. The van der Waals surface area contributed by atoms with E-state index in [4.69, 9.17) is 9.52 Å². The van der Waals surface area contributed by atoms with Gasteiger partial charge in [-0.05, 0) is 12.5 Å². The molecule has 0 bridgehead atoms. The highest BCUT2D eigenvalue weighted by atomic mass is 16.4. The number of amides is 1. The number of benzene rings is 1. The van der Waals surface area contributed by atoms with Crippen LogP contribution in [-0.4, -0.2) is 23.0 Å². The number of furan rings is 1. The first-order valence-corrected chi connectivity index (χ1v) is 6.60. The van der Waals surface area contributed by atoms with Crippen molar-refractivity contribution in [3.05, 3.63) is 36.1 Å². The average molecular weight is 275 g/mol. The quantitative estimate of drug-likeness (QED) is 0.849. The molecule has 0 radical (unpaired) electrons. The van der Waals surface area contributed by atoms with E-state index in [0.717, 1.165) is 11.8 Å². The molecule has 20 heavy (non-hydrogen) atoms. The number of hydrogen-bond donors (Lipinski definition) is 2. The van der Waals surface area contributed by atoms with Gasteiger partial charge < -0.3 is 14.8 Å². The van der Waals surface area contributed by atoms with Gasteiger partial charge in [-0.1, -0.05) is 31.5 Å². The van der Waals surface area contributed by atoms with Crippen LogP contribution in [0.1, 0.15) is 36.5 Å². The molecule has 1 aromatic heterocycles. The number of carboxylic acid groups (broad SMARTS) is 1. The maximum absolute atomic E-state index is 12.2. The Morgan fingerprint density at radius 1 is 1.35 bits per heavy atom. The lowest BCUT2D eigenvalue weighted by Gasteiger charge is -2.15. The highest BCUT2D eigenvalue weighted by Crippen LogP contribution is 2.20. The lowest BCUT2D eigenvalue weighted by Crippen LogP contribution is -2.36. The summed E-state index contributed by atoms with van der Waals surface area (Å²) in [5.41, 5.74) is 1.08. The summed E-state index contributed by atoms with van der Waals surface area (Å²) in [6.45, 7) is 1.95. The SMILES string of the molecule is CCC[C@@H](CC(=O)O)NC(=O)c1coc2ccccc12. The number of carbonyl (C=O) groups excluding carboxylic acids is 1. The Balaban J connectivity index is 2.15. The van der Waals surface area contributed by atoms with E-state index in [1.807, 2.05) is 19.1 Å². The number of para-hydroxylation sites is 1. The van der Waals surface area contributed by atoms with Gasteiger partial charge in [0.25, 0.3) is 5.91 Å². The van der Waals surface area contributed by atoms with Gasteiger partial charge in [-0.15, -0.1) is 0 Å². The second kappa shape index (κ2) is 6.23. The second-order valence-corrected chi connectivity index (χ2v) is 4.70. The van der Waals surface area contributed by atoms with E-state index in [1.54, 1.807) is 12.1 Å². The third-order valence-electron chi connectivity index (χ3n) is 3.12. The molecular formula is C15H17NO4. The van der Waals surface area contributed by atoms with Crippen LogP contribution in [0.25, 0.3) is 11.0 Å². The van der Waals surface area contributed by atoms with Gasteiger partial charge in [0.15, 0.2) is 0 Å². The molecule has 0 unspecified atom stereocenters. The fourth-order valence-corrected chi connectivity index (χ4v) is 2.20. The van der Waals surface area contributed by atoms with E-state index in [-0.39, 0.29) is 18.4 Å². The van der Waals surface area contributed by atoms with Crippen LogP contribution in [0.4, 0.5) is 0 Å². The number of rotatable bonds is 6. The normalized spacial score (nSPS) is 12.2. The molecule has 1 atom stereocenters.